The van der Waals surface area contributed by atoms with Gasteiger partial charge in [0.1, 0.15) is 24.2 Å². The molecule has 32 heavy (non-hydrogen) atoms. The Hall–Kier alpha value is -3.65. The minimum atomic E-state index is -1.13. The number of aryl methyl sites for hydroxylation is 1. The highest BCUT2D eigenvalue weighted by Gasteiger charge is 2.20. The summed E-state index contributed by atoms with van der Waals surface area (Å²) in [5.74, 6) is 0.328. The molecule has 0 amide bonds. The molecule has 2 aromatic carbocycles. The van der Waals surface area contributed by atoms with Gasteiger partial charge in [-0.3, -0.25) is 0 Å². The minimum absolute atomic E-state index is 0.134. The first kappa shape index (κ1) is 21.6. The first-order valence-electron chi connectivity index (χ1n) is 10.1. The maximum atomic E-state index is 11.2. The second-order valence-electron chi connectivity index (χ2n) is 7.21. The van der Waals surface area contributed by atoms with Crippen LogP contribution in [-0.2, 0) is 11.4 Å². The molecule has 0 bridgehead atoms. The lowest BCUT2D eigenvalue weighted by atomic mass is 9.99. The second-order valence-corrected chi connectivity index (χ2v) is 7.99. The monoisotopic (exact) mass is 449 g/mol. The summed E-state index contributed by atoms with van der Waals surface area (Å²) in [4.78, 5) is 15.3. The zero-order valence-corrected chi connectivity index (χ0v) is 18.2. The second kappa shape index (κ2) is 10.1. The number of ether oxygens (including phenoxy) is 2. The van der Waals surface area contributed by atoms with Crippen molar-refractivity contribution in [1.82, 2.24) is 10.1 Å². The summed E-state index contributed by atoms with van der Waals surface area (Å²) in [5.41, 5.74) is 3.60. The third-order valence-corrected chi connectivity index (χ3v) is 5.69. The number of aromatic nitrogens is 2. The lowest BCUT2D eigenvalue weighted by Gasteiger charge is -2.23. The first-order chi connectivity index (χ1) is 15.6. The number of aliphatic carboxylic acids is 1. The van der Waals surface area contributed by atoms with Crippen molar-refractivity contribution in [3.8, 4) is 22.9 Å². The molecule has 0 saturated carbocycles. The number of benzene rings is 2. The van der Waals surface area contributed by atoms with Gasteiger partial charge in [0.05, 0.1) is 5.56 Å². The van der Waals surface area contributed by atoms with Gasteiger partial charge in [-0.15, -0.1) is 0 Å². The zero-order valence-electron chi connectivity index (χ0n) is 17.4. The van der Waals surface area contributed by atoms with E-state index in [9.17, 15) is 9.90 Å². The van der Waals surface area contributed by atoms with Crippen molar-refractivity contribution in [2.24, 2.45) is 0 Å². The highest BCUT2D eigenvalue weighted by atomic mass is 32.1. The largest absolute Gasteiger partial charge is 0.550 e. The molecule has 0 aliphatic heterocycles. The SMILES string of the molecule is Cc1ccccc1C(CCC(=O)[O-])Oc1cc(OCc2ccsc2)ccc1-c1ncon1. The molecule has 0 fully saturated rings. The Kier molecular flexibility index (Phi) is 6.81. The van der Waals surface area contributed by atoms with E-state index in [0.29, 0.717) is 29.5 Å². The lowest BCUT2D eigenvalue weighted by Crippen LogP contribution is -2.23. The summed E-state index contributed by atoms with van der Waals surface area (Å²) >= 11 is 1.61. The smallest absolute Gasteiger partial charge is 0.214 e. The fourth-order valence-corrected chi connectivity index (χ4v) is 3.99. The number of carboxylic acid groups (broad SMARTS) is 1. The molecule has 0 aliphatic rings. The first-order valence-corrected chi connectivity index (χ1v) is 11.0. The van der Waals surface area contributed by atoms with Crippen LogP contribution in [0.4, 0.5) is 0 Å². The van der Waals surface area contributed by atoms with E-state index in [4.69, 9.17) is 14.0 Å². The van der Waals surface area contributed by atoms with Crippen LogP contribution in [0, 0.1) is 6.92 Å². The van der Waals surface area contributed by atoms with Crippen molar-refractivity contribution in [3.05, 3.63) is 82.4 Å². The van der Waals surface area contributed by atoms with Crippen LogP contribution in [-0.4, -0.2) is 16.1 Å². The quantitative estimate of drug-likeness (QED) is 0.355. The molecule has 0 N–H and O–H groups in total. The van der Waals surface area contributed by atoms with E-state index in [2.05, 4.69) is 10.1 Å². The highest BCUT2D eigenvalue weighted by Crippen LogP contribution is 2.37. The molecule has 2 aromatic heterocycles. The molecule has 4 rings (SSSR count). The Bertz CT molecular complexity index is 1160. The zero-order chi connectivity index (χ0) is 22.3. The number of carbonyl (C=O) groups is 1. The summed E-state index contributed by atoms with van der Waals surface area (Å²) in [5, 5.41) is 19.1. The van der Waals surface area contributed by atoms with Gasteiger partial charge in [-0.2, -0.15) is 16.3 Å². The Labute approximate surface area is 189 Å². The van der Waals surface area contributed by atoms with Crippen molar-refractivity contribution in [1.29, 1.82) is 0 Å². The van der Waals surface area contributed by atoms with Gasteiger partial charge in [0.2, 0.25) is 12.2 Å². The summed E-state index contributed by atoms with van der Waals surface area (Å²) in [7, 11) is 0. The average molecular weight is 450 g/mol. The van der Waals surface area contributed by atoms with Crippen molar-refractivity contribution < 1.29 is 23.9 Å². The number of carbonyl (C=O) groups excluding carboxylic acids is 1. The van der Waals surface area contributed by atoms with Crippen LogP contribution in [0.1, 0.15) is 35.6 Å². The van der Waals surface area contributed by atoms with Crippen molar-refractivity contribution in [3.63, 3.8) is 0 Å². The van der Waals surface area contributed by atoms with Gasteiger partial charge in [0.15, 0.2) is 0 Å². The normalized spacial score (nSPS) is 11.8. The summed E-state index contributed by atoms with van der Waals surface area (Å²) in [6.45, 7) is 2.39. The van der Waals surface area contributed by atoms with Crippen LogP contribution in [0.25, 0.3) is 11.4 Å². The molecule has 7 nitrogen and oxygen atoms in total. The van der Waals surface area contributed by atoms with Crippen molar-refractivity contribution in [2.45, 2.75) is 32.5 Å². The van der Waals surface area contributed by atoms with Crippen molar-refractivity contribution >= 4 is 17.3 Å². The number of carboxylic acids is 1. The molecule has 1 atom stereocenters. The average Bonchev–Trinajstić information content (AvgIpc) is 3.50. The number of hydrogen-bond acceptors (Lipinski definition) is 8. The van der Waals surface area contributed by atoms with Crippen LogP contribution in [0.2, 0.25) is 0 Å². The fourth-order valence-electron chi connectivity index (χ4n) is 3.33. The van der Waals surface area contributed by atoms with E-state index < -0.39 is 12.1 Å². The third kappa shape index (κ3) is 5.33. The van der Waals surface area contributed by atoms with Gasteiger partial charge in [0, 0.05) is 12.0 Å². The number of hydrogen-bond donors (Lipinski definition) is 0. The number of thiophene rings is 1. The number of nitrogens with zero attached hydrogens (tertiary/aromatic N) is 2. The Morgan fingerprint density at radius 2 is 2.09 bits per heavy atom. The number of rotatable bonds is 10. The van der Waals surface area contributed by atoms with Crippen LogP contribution in [0.3, 0.4) is 0 Å². The Morgan fingerprint density at radius 3 is 2.81 bits per heavy atom. The van der Waals surface area contributed by atoms with Gasteiger partial charge in [0.25, 0.3) is 0 Å². The van der Waals surface area contributed by atoms with Crippen molar-refractivity contribution in [2.75, 3.05) is 0 Å². The van der Waals surface area contributed by atoms with Crippen LogP contribution in [0.15, 0.2) is 70.2 Å². The van der Waals surface area contributed by atoms with E-state index in [0.717, 1.165) is 16.7 Å². The Morgan fingerprint density at radius 1 is 1.22 bits per heavy atom. The third-order valence-electron chi connectivity index (χ3n) is 4.96. The standard InChI is InChI=1S/C24H22N2O5S/c1-16-4-2-3-5-19(16)21(8-9-23(27)28)31-22-12-18(29-13-17-10-11-32-14-17)6-7-20(22)24-25-15-30-26-24/h2-7,10-12,14-15,21H,8-9,13H2,1H3,(H,27,28)/p-1. The molecule has 8 heteroatoms. The molecular formula is C24H21N2O5S-. The van der Waals surface area contributed by atoms with Gasteiger partial charge < -0.3 is 23.9 Å². The van der Waals surface area contributed by atoms with Gasteiger partial charge in [-0.25, -0.2) is 0 Å². The molecule has 2 heterocycles. The fraction of sp³-hybridized carbons (Fsp3) is 0.208. The highest BCUT2D eigenvalue weighted by molar-refractivity contribution is 7.07. The van der Waals surface area contributed by atoms with Gasteiger partial charge >= 0.3 is 0 Å². The minimum Gasteiger partial charge on any atom is -0.550 e. The molecular weight excluding hydrogens is 428 g/mol. The van der Waals surface area contributed by atoms with Gasteiger partial charge in [-0.05, 0) is 65.4 Å². The van der Waals surface area contributed by atoms with E-state index in [1.807, 2.05) is 54.1 Å². The molecule has 0 saturated heterocycles. The molecule has 164 valence electrons. The maximum absolute atomic E-state index is 11.2. The predicted octanol–water partition coefficient (Wildman–Crippen LogP) is 4.34. The summed E-state index contributed by atoms with van der Waals surface area (Å²) in [6, 6.07) is 15.1. The molecule has 0 aliphatic carbocycles. The van der Waals surface area contributed by atoms with Crippen LogP contribution in [0.5, 0.6) is 11.5 Å². The molecule has 4 aromatic rings. The van der Waals surface area contributed by atoms with Gasteiger partial charge in [-0.1, -0.05) is 29.4 Å². The summed E-state index contributed by atoms with van der Waals surface area (Å²) in [6.07, 6.45) is 0.852. The molecule has 1 unspecified atom stereocenters. The van der Waals surface area contributed by atoms with E-state index in [1.165, 1.54) is 6.39 Å². The maximum Gasteiger partial charge on any atom is 0.214 e. The van der Waals surface area contributed by atoms with E-state index >= 15 is 0 Å². The molecule has 0 radical (unpaired) electrons. The summed E-state index contributed by atoms with van der Waals surface area (Å²) < 4.78 is 17.2. The lowest BCUT2D eigenvalue weighted by molar-refractivity contribution is -0.306. The van der Waals surface area contributed by atoms with E-state index in [1.54, 1.807) is 23.5 Å². The Balaban J connectivity index is 1.66. The predicted molar refractivity (Wildman–Crippen MR) is 117 cm³/mol. The van der Waals surface area contributed by atoms with Crippen LogP contribution < -0.4 is 14.6 Å². The topological polar surface area (TPSA) is 97.5 Å². The molecule has 0 spiro atoms. The van der Waals surface area contributed by atoms with E-state index in [-0.39, 0.29) is 12.8 Å². The van der Waals surface area contributed by atoms with Crippen LogP contribution >= 0.6 is 11.3 Å².